The van der Waals surface area contributed by atoms with E-state index in [0.29, 0.717) is 26.9 Å². The Hall–Kier alpha value is -3.71. The standard InChI is InChI=1S/C22H20F2N6O4S/c1-13-6-7-14(9-15(13)26-20(31)17-11-25-18-5-3-4-8-29(17)18)19-27-21(34-28-19)16-10-22(23,24)12-30(16)35(2,32)33/h3-9,11,16H,10,12H2,1-2H3,(H,26,31)/t16-/m0/s1. The number of carbonyl (C=O) groups excluding carboxylic acids is 1. The first-order valence-corrected chi connectivity index (χ1v) is 12.4. The van der Waals surface area contributed by atoms with Gasteiger partial charge in [0.15, 0.2) is 0 Å². The molecule has 0 aliphatic carbocycles. The number of hydrogen-bond donors (Lipinski definition) is 1. The summed E-state index contributed by atoms with van der Waals surface area (Å²) < 4.78 is 59.5. The van der Waals surface area contributed by atoms with Gasteiger partial charge in [0.1, 0.15) is 17.4 Å². The Morgan fingerprint density at radius 3 is 2.83 bits per heavy atom. The number of nitrogens with zero attached hydrogens (tertiary/aromatic N) is 5. The van der Waals surface area contributed by atoms with Crippen LogP contribution in [-0.4, -0.2) is 56.9 Å². The molecule has 0 spiro atoms. The molecule has 1 aromatic carbocycles. The third kappa shape index (κ3) is 4.39. The van der Waals surface area contributed by atoms with Gasteiger partial charge in [0, 0.05) is 23.9 Å². The summed E-state index contributed by atoms with van der Waals surface area (Å²) in [7, 11) is -3.92. The van der Waals surface area contributed by atoms with Gasteiger partial charge >= 0.3 is 0 Å². The van der Waals surface area contributed by atoms with E-state index >= 15 is 0 Å². The first-order valence-electron chi connectivity index (χ1n) is 10.5. The minimum atomic E-state index is -3.92. The molecule has 1 fully saturated rings. The van der Waals surface area contributed by atoms with Gasteiger partial charge in [0.25, 0.3) is 11.8 Å². The fraction of sp³-hybridized carbons (Fsp3) is 0.273. The molecule has 3 aromatic heterocycles. The van der Waals surface area contributed by atoms with Crippen molar-refractivity contribution in [2.45, 2.75) is 25.3 Å². The summed E-state index contributed by atoms with van der Waals surface area (Å²) in [4.78, 5) is 21.3. The van der Waals surface area contributed by atoms with Crippen LogP contribution >= 0.6 is 0 Å². The molecule has 0 radical (unpaired) electrons. The Morgan fingerprint density at radius 1 is 1.26 bits per heavy atom. The molecule has 13 heteroatoms. The molecule has 182 valence electrons. The Kier molecular flexibility index (Phi) is 5.40. The maximum Gasteiger partial charge on any atom is 0.274 e. The van der Waals surface area contributed by atoms with Crippen molar-refractivity contribution >= 4 is 27.3 Å². The monoisotopic (exact) mass is 502 g/mol. The van der Waals surface area contributed by atoms with Crippen LogP contribution in [0.15, 0.2) is 53.3 Å². The summed E-state index contributed by atoms with van der Waals surface area (Å²) in [5, 5.41) is 6.70. The van der Waals surface area contributed by atoms with Crippen molar-refractivity contribution in [3.63, 3.8) is 0 Å². The van der Waals surface area contributed by atoms with Crippen LogP contribution < -0.4 is 5.32 Å². The second kappa shape index (κ2) is 8.20. The number of fused-ring (bicyclic) bond motifs is 1. The van der Waals surface area contributed by atoms with Crippen LogP contribution in [0.4, 0.5) is 14.5 Å². The number of pyridine rings is 1. The lowest BCUT2D eigenvalue weighted by Crippen LogP contribution is -2.32. The molecule has 1 aliphatic rings. The molecule has 1 aliphatic heterocycles. The lowest BCUT2D eigenvalue weighted by Gasteiger charge is -2.17. The van der Waals surface area contributed by atoms with Gasteiger partial charge in [-0.3, -0.25) is 9.20 Å². The number of carbonyl (C=O) groups is 1. The zero-order valence-electron chi connectivity index (χ0n) is 18.6. The lowest BCUT2D eigenvalue weighted by atomic mass is 10.1. The fourth-order valence-electron chi connectivity index (χ4n) is 4.02. The molecular weight excluding hydrogens is 482 g/mol. The Balaban J connectivity index is 1.42. The van der Waals surface area contributed by atoms with Crippen LogP contribution in [-0.2, 0) is 10.0 Å². The minimum absolute atomic E-state index is 0.0777. The summed E-state index contributed by atoms with van der Waals surface area (Å²) in [6.07, 6.45) is 3.31. The summed E-state index contributed by atoms with van der Waals surface area (Å²) in [5.74, 6) is -3.73. The highest BCUT2D eigenvalue weighted by Gasteiger charge is 2.51. The minimum Gasteiger partial charge on any atom is -0.337 e. The number of aryl methyl sites for hydroxylation is 1. The number of sulfonamides is 1. The molecule has 4 heterocycles. The van der Waals surface area contributed by atoms with Crippen LogP contribution in [0.1, 0.15) is 34.4 Å². The van der Waals surface area contributed by atoms with Gasteiger partial charge in [-0.25, -0.2) is 22.2 Å². The molecule has 10 nitrogen and oxygen atoms in total. The van der Waals surface area contributed by atoms with Gasteiger partial charge in [-0.15, -0.1) is 0 Å². The third-order valence-electron chi connectivity index (χ3n) is 5.77. The van der Waals surface area contributed by atoms with E-state index in [9.17, 15) is 22.0 Å². The molecule has 0 unspecified atom stereocenters. The van der Waals surface area contributed by atoms with Crippen molar-refractivity contribution in [2.75, 3.05) is 18.1 Å². The zero-order chi connectivity index (χ0) is 25.0. The number of rotatable bonds is 5. The number of amides is 1. The number of benzene rings is 1. The van der Waals surface area contributed by atoms with E-state index in [4.69, 9.17) is 4.52 Å². The van der Waals surface area contributed by atoms with E-state index < -0.39 is 35.0 Å². The zero-order valence-corrected chi connectivity index (χ0v) is 19.5. The Bertz CT molecular complexity index is 1550. The molecule has 5 rings (SSSR count). The second-order valence-electron chi connectivity index (χ2n) is 8.40. The van der Waals surface area contributed by atoms with Crippen molar-refractivity contribution in [1.29, 1.82) is 0 Å². The molecule has 1 atom stereocenters. The number of hydrogen-bond acceptors (Lipinski definition) is 7. The van der Waals surface area contributed by atoms with Crippen LogP contribution in [0.25, 0.3) is 17.0 Å². The topological polar surface area (TPSA) is 123 Å². The molecule has 35 heavy (non-hydrogen) atoms. The third-order valence-corrected chi connectivity index (χ3v) is 7.01. The van der Waals surface area contributed by atoms with E-state index in [1.807, 2.05) is 6.07 Å². The highest BCUT2D eigenvalue weighted by atomic mass is 32.2. The first kappa shape index (κ1) is 23.1. The van der Waals surface area contributed by atoms with E-state index in [0.717, 1.165) is 11.8 Å². The van der Waals surface area contributed by atoms with Crippen LogP contribution in [0, 0.1) is 6.92 Å². The Morgan fingerprint density at radius 2 is 2.06 bits per heavy atom. The fourth-order valence-corrected chi connectivity index (χ4v) is 5.07. The average molecular weight is 503 g/mol. The van der Waals surface area contributed by atoms with Gasteiger partial charge in [-0.1, -0.05) is 23.4 Å². The average Bonchev–Trinajstić information content (AvgIpc) is 3.51. The molecule has 1 amide bonds. The van der Waals surface area contributed by atoms with Crippen molar-refractivity contribution in [3.8, 4) is 11.4 Å². The molecular formula is C22H20F2N6O4S. The number of imidazole rings is 1. The smallest absolute Gasteiger partial charge is 0.274 e. The number of nitrogens with one attached hydrogen (secondary N) is 1. The van der Waals surface area contributed by atoms with Crippen molar-refractivity contribution < 1.29 is 26.5 Å². The van der Waals surface area contributed by atoms with Crippen LogP contribution in [0.3, 0.4) is 0 Å². The van der Waals surface area contributed by atoms with E-state index in [2.05, 4.69) is 20.4 Å². The van der Waals surface area contributed by atoms with Gasteiger partial charge in [-0.2, -0.15) is 9.29 Å². The van der Waals surface area contributed by atoms with Gasteiger partial charge in [-0.05, 0) is 30.7 Å². The van der Waals surface area contributed by atoms with Crippen LogP contribution in [0.2, 0.25) is 0 Å². The number of aromatic nitrogens is 4. The molecule has 4 aromatic rings. The van der Waals surface area contributed by atoms with Crippen molar-refractivity contribution in [3.05, 3.63) is 65.9 Å². The lowest BCUT2D eigenvalue weighted by molar-refractivity contribution is 0.0166. The predicted molar refractivity (Wildman–Crippen MR) is 121 cm³/mol. The number of anilines is 1. The quantitative estimate of drug-likeness (QED) is 0.444. The molecule has 1 saturated heterocycles. The van der Waals surface area contributed by atoms with E-state index in [1.165, 1.54) is 6.20 Å². The first-order chi connectivity index (χ1) is 16.5. The molecule has 0 saturated carbocycles. The summed E-state index contributed by atoms with van der Waals surface area (Å²) in [6, 6.07) is 9.17. The number of alkyl halides is 2. The predicted octanol–water partition coefficient (Wildman–Crippen LogP) is 3.29. The second-order valence-corrected chi connectivity index (χ2v) is 10.3. The van der Waals surface area contributed by atoms with Crippen LogP contribution in [0.5, 0.6) is 0 Å². The normalized spacial score (nSPS) is 18.2. The van der Waals surface area contributed by atoms with Gasteiger partial charge in [0.05, 0.1) is 19.0 Å². The van der Waals surface area contributed by atoms with Gasteiger partial charge < -0.3 is 9.84 Å². The van der Waals surface area contributed by atoms with Gasteiger partial charge in [0.2, 0.25) is 21.7 Å². The maximum absolute atomic E-state index is 14.0. The summed E-state index contributed by atoms with van der Waals surface area (Å²) >= 11 is 0. The summed E-state index contributed by atoms with van der Waals surface area (Å²) in [5.41, 5.74) is 2.67. The van der Waals surface area contributed by atoms with Crippen molar-refractivity contribution in [1.82, 2.24) is 23.8 Å². The molecule has 0 bridgehead atoms. The Labute approximate surface area is 198 Å². The van der Waals surface area contributed by atoms with Crippen molar-refractivity contribution in [2.24, 2.45) is 0 Å². The number of halogens is 2. The highest BCUT2D eigenvalue weighted by Crippen LogP contribution is 2.42. The summed E-state index contributed by atoms with van der Waals surface area (Å²) in [6.45, 7) is 0.859. The maximum atomic E-state index is 14.0. The van der Waals surface area contributed by atoms with E-state index in [-0.39, 0.29) is 17.6 Å². The highest BCUT2D eigenvalue weighted by molar-refractivity contribution is 7.88. The van der Waals surface area contributed by atoms with E-state index in [1.54, 1.807) is 47.9 Å². The molecule has 1 N–H and O–H groups in total. The largest absolute Gasteiger partial charge is 0.337 e. The SMILES string of the molecule is Cc1ccc(-c2noc([C@@H]3CC(F)(F)CN3S(C)(=O)=O)n2)cc1NC(=O)c1cnc2ccccn12.